The van der Waals surface area contributed by atoms with Gasteiger partial charge in [-0.2, -0.15) is 12.6 Å². The van der Waals surface area contributed by atoms with Crippen molar-refractivity contribution in [3.8, 4) is 0 Å². The highest BCUT2D eigenvalue weighted by atomic mass is 32.1. The van der Waals surface area contributed by atoms with Gasteiger partial charge in [-0.25, -0.2) is 0 Å². The minimum absolute atomic E-state index is 0.404. The van der Waals surface area contributed by atoms with E-state index in [0.29, 0.717) is 11.5 Å². The van der Waals surface area contributed by atoms with Gasteiger partial charge >= 0.3 is 0 Å². The van der Waals surface area contributed by atoms with Crippen LogP contribution in [0, 0.1) is 5.41 Å². The van der Waals surface area contributed by atoms with Crippen LogP contribution >= 0.6 is 12.6 Å². The zero-order valence-corrected chi connectivity index (χ0v) is 12.8. The molecule has 0 bridgehead atoms. The predicted molar refractivity (Wildman–Crippen MR) is 79.5 cm³/mol. The topological polar surface area (TPSA) is 15.7 Å². The van der Waals surface area contributed by atoms with Gasteiger partial charge in [-0.15, -0.1) is 0 Å². The molecule has 0 aliphatic carbocycles. The number of thiol groups is 1. The van der Waals surface area contributed by atoms with Crippen LogP contribution in [0.5, 0.6) is 0 Å². The predicted octanol–water partition coefficient (Wildman–Crippen LogP) is 1.74. The Balaban J connectivity index is 1.82. The minimum Gasteiger partial charge on any atom is -0.381 e. The van der Waals surface area contributed by atoms with E-state index in [1.807, 2.05) is 0 Å². The van der Waals surface area contributed by atoms with Crippen molar-refractivity contribution in [2.45, 2.75) is 32.7 Å². The van der Waals surface area contributed by atoms with Gasteiger partial charge in [0.1, 0.15) is 0 Å². The standard InChI is InChI=1S/C14H28N2OS/c1-13(2)16-7-5-15(6-8-16)11-14(12-18)3-9-17-10-4-14/h13,18H,3-12H2,1-2H3. The Labute approximate surface area is 117 Å². The molecule has 2 saturated heterocycles. The second-order valence-corrected chi connectivity index (χ2v) is 6.49. The quantitative estimate of drug-likeness (QED) is 0.785. The van der Waals surface area contributed by atoms with E-state index in [9.17, 15) is 0 Å². The van der Waals surface area contributed by atoms with Crippen molar-refractivity contribution >= 4 is 12.6 Å². The highest BCUT2D eigenvalue weighted by Crippen LogP contribution is 2.33. The molecule has 0 atom stereocenters. The fourth-order valence-electron chi connectivity index (χ4n) is 3.08. The van der Waals surface area contributed by atoms with Crippen LogP contribution in [0.15, 0.2) is 0 Å². The third kappa shape index (κ3) is 3.62. The summed E-state index contributed by atoms with van der Waals surface area (Å²) >= 11 is 4.61. The van der Waals surface area contributed by atoms with Crippen molar-refractivity contribution in [2.75, 3.05) is 51.7 Å². The molecule has 18 heavy (non-hydrogen) atoms. The lowest BCUT2D eigenvalue weighted by atomic mass is 9.81. The molecule has 0 aromatic heterocycles. The maximum Gasteiger partial charge on any atom is 0.0472 e. The van der Waals surface area contributed by atoms with E-state index in [0.717, 1.165) is 19.0 Å². The summed E-state index contributed by atoms with van der Waals surface area (Å²) in [5.74, 6) is 1.00. The summed E-state index contributed by atoms with van der Waals surface area (Å²) in [6.07, 6.45) is 2.36. The van der Waals surface area contributed by atoms with Crippen LogP contribution < -0.4 is 0 Å². The van der Waals surface area contributed by atoms with Gasteiger partial charge in [0.15, 0.2) is 0 Å². The van der Waals surface area contributed by atoms with Crippen molar-refractivity contribution in [3.63, 3.8) is 0 Å². The number of ether oxygens (including phenoxy) is 1. The first kappa shape index (κ1) is 14.6. The smallest absolute Gasteiger partial charge is 0.0472 e. The molecule has 2 rings (SSSR count). The number of hydrogen-bond donors (Lipinski definition) is 1. The van der Waals surface area contributed by atoms with Gasteiger partial charge in [-0.3, -0.25) is 4.90 Å². The first-order valence-corrected chi connectivity index (χ1v) is 7.93. The average Bonchev–Trinajstić information content (AvgIpc) is 2.40. The molecule has 4 heteroatoms. The fourth-order valence-corrected chi connectivity index (χ4v) is 3.50. The Bertz CT molecular complexity index is 246. The summed E-state index contributed by atoms with van der Waals surface area (Å²) < 4.78 is 5.50. The van der Waals surface area contributed by atoms with Gasteiger partial charge in [0, 0.05) is 52.0 Å². The Morgan fingerprint density at radius 2 is 1.72 bits per heavy atom. The van der Waals surface area contributed by atoms with E-state index in [2.05, 4.69) is 36.3 Å². The van der Waals surface area contributed by atoms with Crippen LogP contribution in [0.3, 0.4) is 0 Å². The Morgan fingerprint density at radius 3 is 2.22 bits per heavy atom. The van der Waals surface area contributed by atoms with Gasteiger partial charge in [-0.1, -0.05) is 0 Å². The summed E-state index contributed by atoms with van der Waals surface area (Å²) in [5.41, 5.74) is 0.404. The molecular formula is C14H28N2OS. The SMILES string of the molecule is CC(C)N1CCN(CC2(CS)CCOCC2)CC1. The maximum atomic E-state index is 5.50. The third-order valence-corrected chi connectivity index (χ3v) is 5.26. The van der Waals surface area contributed by atoms with Gasteiger partial charge < -0.3 is 9.64 Å². The molecule has 0 aromatic carbocycles. The van der Waals surface area contributed by atoms with E-state index in [4.69, 9.17) is 4.74 Å². The zero-order chi connectivity index (χ0) is 13.0. The molecular weight excluding hydrogens is 244 g/mol. The van der Waals surface area contributed by atoms with Crippen molar-refractivity contribution in [2.24, 2.45) is 5.41 Å². The van der Waals surface area contributed by atoms with Crippen LogP contribution in [0.2, 0.25) is 0 Å². The van der Waals surface area contributed by atoms with E-state index in [1.165, 1.54) is 45.6 Å². The van der Waals surface area contributed by atoms with Crippen molar-refractivity contribution in [1.29, 1.82) is 0 Å². The molecule has 2 heterocycles. The van der Waals surface area contributed by atoms with Gasteiger partial charge in [-0.05, 0) is 37.9 Å². The molecule has 0 saturated carbocycles. The highest BCUT2D eigenvalue weighted by molar-refractivity contribution is 7.80. The molecule has 2 aliphatic rings. The second kappa shape index (κ2) is 6.60. The van der Waals surface area contributed by atoms with Crippen LogP contribution in [-0.2, 0) is 4.74 Å². The minimum atomic E-state index is 0.404. The van der Waals surface area contributed by atoms with Gasteiger partial charge in [0.05, 0.1) is 0 Å². The maximum absolute atomic E-state index is 5.50. The van der Waals surface area contributed by atoms with Crippen molar-refractivity contribution in [3.05, 3.63) is 0 Å². The monoisotopic (exact) mass is 272 g/mol. The largest absolute Gasteiger partial charge is 0.381 e. The molecule has 106 valence electrons. The Hall–Kier alpha value is 0.230. The molecule has 0 aromatic rings. The van der Waals surface area contributed by atoms with Crippen molar-refractivity contribution in [1.82, 2.24) is 9.80 Å². The second-order valence-electron chi connectivity index (χ2n) is 6.18. The average molecular weight is 272 g/mol. The van der Waals surface area contributed by atoms with Crippen LogP contribution in [0.1, 0.15) is 26.7 Å². The molecule has 0 amide bonds. The summed E-state index contributed by atoms with van der Waals surface area (Å²) in [6, 6.07) is 0.689. The third-order valence-electron chi connectivity index (χ3n) is 4.59. The number of piperazine rings is 1. The van der Waals surface area contributed by atoms with Gasteiger partial charge in [0.2, 0.25) is 0 Å². The molecule has 3 nitrogen and oxygen atoms in total. The fraction of sp³-hybridized carbons (Fsp3) is 1.00. The summed E-state index contributed by atoms with van der Waals surface area (Å²) in [4.78, 5) is 5.22. The van der Waals surface area contributed by atoms with Crippen LogP contribution in [0.25, 0.3) is 0 Å². The van der Waals surface area contributed by atoms with E-state index in [-0.39, 0.29) is 0 Å². The lowest BCUT2D eigenvalue weighted by Gasteiger charge is -2.43. The zero-order valence-electron chi connectivity index (χ0n) is 11.9. The lowest BCUT2D eigenvalue weighted by Crippen LogP contribution is -2.52. The van der Waals surface area contributed by atoms with Gasteiger partial charge in [0.25, 0.3) is 0 Å². The van der Waals surface area contributed by atoms with E-state index < -0.39 is 0 Å². The normalized spacial score (nSPS) is 26.7. The Morgan fingerprint density at radius 1 is 1.11 bits per heavy atom. The number of nitrogens with zero attached hydrogens (tertiary/aromatic N) is 2. The molecule has 0 N–H and O–H groups in total. The number of rotatable bonds is 4. The van der Waals surface area contributed by atoms with Crippen LogP contribution in [0.4, 0.5) is 0 Å². The molecule has 2 fully saturated rings. The highest BCUT2D eigenvalue weighted by Gasteiger charge is 2.34. The lowest BCUT2D eigenvalue weighted by molar-refractivity contribution is -0.00296. The first-order valence-electron chi connectivity index (χ1n) is 7.30. The summed E-state index contributed by atoms with van der Waals surface area (Å²) in [7, 11) is 0. The summed E-state index contributed by atoms with van der Waals surface area (Å²) in [5, 5.41) is 0. The van der Waals surface area contributed by atoms with E-state index >= 15 is 0 Å². The number of hydrogen-bond acceptors (Lipinski definition) is 4. The van der Waals surface area contributed by atoms with Crippen molar-refractivity contribution < 1.29 is 4.74 Å². The summed E-state index contributed by atoms with van der Waals surface area (Å²) in [6.45, 7) is 12.5. The van der Waals surface area contributed by atoms with Crippen LogP contribution in [-0.4, -0.2) is 67.5 Å². The first-order chi connectivity index (χ1) is 8.65. The molecule has 0 radical (unpaired) electrons. The molecule has 2 aliphatic heterocycles. The van der Waals surface area contributed by atoms with E-state index in [1.54, 1.807) is 0 Å². The molecule has 0 unspecified atom stereocenters. The Kier molecular flexibility index (Phi) is 5.36. The molecule has 0 spiro atoms.